The van der Waals surface area contributed by atoms with Gasteiger partial charge in [-0.15, -0.1) is 0 Å². The molecule has 1 unspecified atom stereocenters. The molecule has 3 aromatic heterocycles. The average molecular weight is 345 g/mol. The summed E-state index contributed by atoms with van der Waals surface area (Å²) in [6.45, 7) is 0. The normalized spacial score (nSPS) is 15.8. The minimum absolute atomic E-state index is 0.0801. The molecule has 26 heavy (non-hydrogen) atoms. The van der Waals surface area contributed by atoms with Crippen molar-refractivity contribution < 1.29 is 0 Å². The maximum absolute atomic E-state index is 9.52. The summed E-state index contributed by atoms with van der Waals surface area (Å²) in [7, 11) is 0. The van der Waals surface area contributed by atoms with E-state index in [4.69, 9.17) is 5.73 Å². The van der Waals surface area contributed by atoms with Crippen LogP contribution in [-0.4, -0.2) is 19.4 Å². The number of nitrogens with two attached hydrogens (primary N) is 1. The highest BCUT2D eigenvalue weighted by Gasteiger charge is 2.27. The minimum atomic E-state index is 0.0801. The Hall–Kier alpha value is -3.32. The molecule has 1 saturated carbocycles. The van der Waals surface area contributed by atoms with Gasteiger partial charge in [-0.05, 0) is 24.8 Å². The van der Waals surface area contributed by atoms with Gasteiger partial charge in [0.2, 0.25) is 0 Å². The Morgan fingerprint density at radius 2 is 2.00 bits per heavy atom. The van der Waals surface area contributed by atoms with E-state index in [1.807, 2.05) is 16.9 Å². The van der Waals surface area contributed by atoms with E-state index in [0.29, 0.717) is 23.6 Å². The number of aromatic nitrogens is 4. The van der Waals surface area contributed by atoms with E-state index < -0.39 is 0 Å². The Morgan fingerprint density at radius 3 is 2.73 bits per heavy atom. The van der Waals surface area contributed by atoms with Crippen LogP contribution >= 0.6 is 0 Å². The number of rotatable bonds is 4. The molecule has 1 fully saturated rings. The molecule has 1 aliphatic rings. The molecule has 7 heteroatoms. The number of nitrogens with zero attached hydrogens (tertiary/aromatic N) is 6. The lowest BCUT2D eigenvalue weighted by Gasteiger charge is -2.21. The van der Waals surface area contributed by atoms with E-state index in [1.165, 1.54) is 12.8 Å². The number of hydrogen-bond donors (Lipinski definition) is 1. The Labute approximate surface area is 151 Å². The van der Waals surface area contributed by atoms with Gasteiger partial charge in [0.1, 0.15) is 6.07 Å². The van der Waals surface area contributed by atoms with Crippen LogP contribution in [0.5, 0.6) is 0 Å². The summed E-state index contributed by atoms with van der Waals surface area (Å²) in [5.41, 5.74) is 9.36. The molecule has 0 radical (unpaired) electrons. The van der Waals surface area contributed by atoms with E-state index in [1.54, 1.807) is 23.1 Å². The second-order valence-electron chi connectivity index (χ2n) is 6.83. The number of hydrogen-bond acceptors (Lipinski definition) is 5. The quantitative estimate of drug-likeness (QED) is 0.780. The molecule has 2 N–H and O–H groups in total. The van der Waals surface area contributed by atoms with Gasteiger partial charge in [-0.3, -0.25) is 4.68 Å². The van der Waals surface area contributed by atoms with Crippen LogP contribution in [0.1, 0.15) is 43.7 Å². The van der Waals surface area contributed by atoms with Crippen molar-refractivity contribution in [1.82, 2.24) is 19.4 Å². The van der Waals surface area contributed by atoms with Gasteiger partial charge in [-0.1, -0.05) is 12.8 Å². The van der Waals surface area contributed by atoms with E-state index in [0.717, 1.165) is 29.5 Å². The van der Waals surface area contributed by atoms with E-state index in [-0.39, 0.29) is 6.04 Å². The van der Waals surface area contributed by atoms with Crippen molar-refractivity contribution in [2.24, 2.45) is 5.92 Å². The topological polar surface area (TPSA) is 109 Å². The molecule has 4 rings (SSSR count). The Bertz CT molecular complexity index is 1020. The minimum Gasteiger partial charge on any atom is -0.397 e. The third kappa shape index (κ3) is 2.68. The van der Waals surface area contributed by atoms with Crippen LogP contribution < -0.4 is 5.73 Å². The zero-order valence-electron chi connectivity index (χ0n) is 14.3. The van der Waals surface area contributed by atoms with Crippen LogP contribution in [0, 0.1) is 28.6 Å². The lowest BCUT2D eigenvalue weighted by atomic mass is 9.96. The van der Waals surface area contributed by atoms with Crippen molar-refractivity contribution in [2.75, 3.05) is 5.73 Å². The van der Waals surface area contributed by atoms with Gasteiger partial charge in [-0.2, -0.15) is 20.7 Å². The zero-order valence-corrected chi connectivity index (χ0v) is 14.3. The van der Waals surface area contributed by atoms with Gasteiger partial charge in [-0.25, -0.2) is 4.52 Å². The standard InChI is InChI=1S/C19H19N7/c20-6-5-17(13-3-1-2-4-13)25-11-15(10-24-25)19-14(8-21)9-23-26-12-16(22)7-18(19)26/h7,9-13,17H,1-5,22H2. The molecule has 0 bridgehead atoms. The molecule has 3 aromatic rings. The lowest BCUT2D eigenvalue weighted by Crippen LogP contribution is -2.17. The van der Waals surface area contributed by atoms with E-state index in [2.05, 4.69) is 22.3 Å². The fourth-order valence-corrected chi connectivity index (χ4v) is 4.03. The van der Waals surface area contributed by atoms with Crippen molar-refractivity contribution in [2.45, 2.75) is 38.1 Å². The first-order chi connectivity index (χ1) is 12.7. The van der Waals surface area contributed by atoms with Crippen LogP contribution in [-0.2, 0) is 0 Å². The van der Waals surface area contributed by atoms with Gasteiger partial charge in [0.05, 0.1) is 53.9 Å². The fraction of sp³-hybridized carbons (Fsp3) is 0.368. The molecule has 0 saturated heterocycles. The van der Waals surface area contributed by atoms with Gasteiger partial charge in [0.15, 0.2) is 0 Å². The van der Waals surface area contributed by atoms with Crippen LogP contribution in [0.3, 0.4) is 0 Å². The van der Waals surface area contributed by atoms with Gasteiger partial charge >= 0.3 is 0 Å². The van der Waals surface area contributed by atoms with Crippen molar-refractivity contribution >= 4 is 11.2 Å². The van der Waals surface area contributed by atoms with Crippen molar-refractivity contribution in [3.8, 4) is 23.3 Å². The molecule has 3 heterocycles. The molecule has 0 amide bonds. The van der Waals surface area contributed by atoms with E-state index in [9.17, 15) is 10.5 Å². The van der Waals surface area contributed by atoms with Crippen molar-refractivity contribution in [1.29, 1.82) is 10.5 Å². The highest BCUT2D eigenvalue weighted by molar-refractivity contribution is 5.85. The maximum Gasteiger partial charge on any atom is 0.102 e. The molecule has 1 atom stereocenters. The third-order valence-electron chi connectivity index (χ3n) is 5.25. The molecule has 0 aromatic carbocycles. The van der Waals surface area contributed by atoms with Gasteiger partial charge in [0, 0.05) is 17.3 Å². The first kappa shape index (κ1) is 16.2. The fourth-order valence-electron chi connectivity index (χ4n) is 4.03. The molecule has 1 aliphatic carbocycles. The molecule has 0 aliphatic heterocycles. The molecule has 130 valence electrons. The Balaban J connectivity index is 1.80. The largest absolute Gasteiger partial charge is 0.397 e. The summed E-state index contributed by atoms with van der Waals surface area (Å²) in [6, 6.07) is 6.40. The first-order valence-electron chi connectivity index (χ1n) is 8.79. The molecular formula is C19H19N7. The predicted molar refractivity (Wildman–Crippen MR) is 96.8 cm³/mol. The second kappa shape index (κ2) is 6.53. The monoisotopic (exact) mass is 345 g/mol. The zero-order chi connectivity index (χ0) is 18.1. The summed E-state index contributed by atoms with van der Waals surface area (Å²) in [5, 5.41) is 27.5. The van der Waals surface area contributed by atoms with Crippen LogP contribution in [0.4, 0.5) is 5.69 Å². The molecule has 7 nitrogen and oxygen atoms in total. The maximum atomic E-state index is 9.52. The SMILES string of the molecule is N#CCC(C1CCCC1)n1cc(-c2c(C#N)cnn3cc(N)cc23)cn1. The Morgan fingerprint density at radius 1 is 1.19 bits per heavy atom. The number of fused-ring (bicyclic) bond motifs is 1. The summed E-state index contributed by atoms with van der Waals surface area (Å²) in [5.74, 6) is 0.485. The molecular weight excluding hydrogens is 326 g/mol. The average Bonchev–Trinajstić information content (AvgIpc) is 3.38. The number of anilines is 1. The predicted octanol–water partition coefficient (Wildman–Crippen LogP) is 3.30. The van der Waals surface area contributed by atoms with Gasteiger partial charge in [0.25, 0.3) is 0 Å². The highest BCUT2D eigenvalue weighted by Crippen LogP contribution is 2.37. The summed E-state index contributed by atoms with van der Waals surface area (Å²) in [6.07, 6.45) is 12.1. The number of nitrogen functional groups attached to an aromatic ring is 1. The molecule has 0 spiro atoms. The van der Waals surface area contributed by atoms with Crippen LogP contribution in [0.2, 0.25) is 0 Å². The summed E-state index contributed by atoms with van der Waals surface area (Å²) in [4.78, 5) is 0. The summed E-state index contributed by atoms with van der Waals surface area (Å²) < 4.78 is 3.57. The Kier molecular flexibility index (Phi) is 4.06. The second-order valence-corrected chi connectivity index (χ2v) is 6.83. The third-order valence-corrected chi connectivity index (χ3v) is 5.25. The van der Waals surface area contributed by atoms with Crippen molar-refractivity contribution in [3.05, 3.63) is 36.4 Å². The van der Waals surface area contributed by atoms with Crippen molar-refractivity contribution in [3.63, 3.8) is 0 Å². The lowest BCUT2D eigenvalue weighted by molar-refractivity contribution is 0.315. The van der Waals surface area contributed by atoms with Crippen LogP contribution in [0.15, 0.2) is 30.9 Å². The summed E-state index contributed by atoms with van der Waals surface area (Å²) >= 11 is 0. The first-order valence-corrected chi connectivity index (χ1v) is 8.79. The van der Waals surface area contributed by atoms with Gasteiger partial charge < -0.3 is 5.73 Å². The van der Waals surface area contributed by atoms with E-state index >= 15 is 0 Å². The smallest absolute Gasteiger partial charge is 0.102 e. The number of nitriles is 2. The highest BCUT2D eigenvalue weighted by atomic mass is 15.3. The van der Waals surface area contributed by atoms with Crippen LogP contribution in [0.25, 0.3) is 16.6 Å².